The molecule has 27 heavy (non-hydrogen) atoms. The molecule has 0 amide bonds. The number of hydrogen-bond acceptors (Lipinski definition) is 8. The number of thiazole rings is 1. The summed E-state index contributed by atoms with van der Waals surface area (Å²) in [5, 5.41) is 12.3. The number of nitrogens with zero attached hydrogens (tertiary/aromatic N) is 3. The molecule has 0 spiro atoms. The molecule has 0 radical (unpaired) electrons. The van der Waals surface area contributed by atoms with Gasteiger partial charge < -0.3 is 15.2 Å². The Hall–Kier alpha value is -1.40. The van der Waals surface area contributed by atoms with Crippen molar-refractivity contribution in [1.82, 2.24) is 15.0 Å². The van der Waals surface area contributed by atoms with Crippen LogP contribution in [-0.4, -0.2) is 46.4 Å². The van der Waals surface area contributed by atoms with Crippen LogP contribution in [0.1, 0.15) is 5.56 Å². The van der Waals surface area contributed by atoms with Gasteiger partial charge in [-0.2, -0.15) is 0 Å². The minimum Gasteiger partial charge on any atom is -0.394 e. The number of hydrogen-bond donors (Lipinski definition) is 2. The number of ether oxygens (including phenoxy) is 1. The smallest absolute Gasteiger partial charge is 0.191 e. The summed E-state index contributed by atoms with van der Waals surface area (Å²) in [6.45, 7) is 1.14. The van der Waals surface area contributed by atoms with Crippen molar-refractivity contribution in [3.63, 3.8) is 0 Å². The fraction of sp³-hybridized carbons (Fsp3) is 0.312. The lowest BCUT2D eigenvalue weighted by Gasteiger charge is -2.08. The first-order valence-electron chi connectivity index (χ1n) is 7.90. The normalized spacial score (nSPS) is 11.3. The van der Waals surface area contributed by atoms with Crippen molar-refractivity contribution in [3.05, 3.63) is 39.3 Å². The average molecular weight is 477 g/mol. The lowest BCUT2D eigenvalue weighted by Crippen LogP contribution is -2.12. The van der Waals surface area contributed by atoms with Gasteiger partial charge in [0.15, 0.2) is 32.2 Å². The predicted molar refractivity (Wildman–Crippen MR) is 105 cm³/mol. The van der Waals surface area contributed by atoms with Crippen LogP contribution < -0.4 is 5.32 Å². The maximum absolute atomic E-state index is 13.8. The van der Waals surface area contributed by atoms with Crippen LogP contribution in [0.3, 0.4) is 0 Å². The highest BCUT2D eigenvalue weighted by atomic mass is 79.9. The standard InChI is InChI=1S/C16H15BrF2N4O2S2/c17-15-21-14-12(27-15)13(20-4-6-25-7-5-24)22-16(23-14)26-8-9-2-1-3-10(18)11(9)19/h1-3,24H,4-8H2,(H,20,22,23). The number of benzene rings is 1. The van der Waals surface area contributed by atoms with Crippen molar-refractivity contribution in [1.29, 1.82) is 0 Å². The summed E-state index contributed by atoms with van der Waals surface area (Å²) >= 11 is 5.93. The van der Waals surface area contributed by atoms with E-state index in [1.54, 1.807) is 0 Å². The highest BCUT2D eigenvalue weighted by Crippen LogP contribution is 2.32. The van der Waals surface area contributed by atoms with Crippen LogP contribution in [0.4, 0.5) is 14.6 Å². The molecule has 2 heterocycles. The van der Waals surface area contributed by atoms with Crippen molar-refractivity contribution in [2.24, 2.45) is 0 Å². The average Bonchev–Trinajstić information content (AvgIpc) is 3.03. The van der Waals surface area contributed by atoms with Gasteiger partial charge in [0.25, 0.3) is 0 Å². The molecule has 6 nitrogen and oxygen atoms in total. The maximum atomic E-state index is 13.8. The molecule has 0 saturated carbocycles. The van der Waals surface area contributed by atoms with Crippen molar-refractivity contribution in [3.8, 4) is 0 Å². The second kappa shape index (κ2) is 9.69. The number of thioether (sulfide) groups is 1. The molecule has 0 bridgehead atoms. The topological polar surface area (TPSA) is 80.2 Å². The first-order valence-corrected chi connectivity index (χ1v) is 10.5. The van der Waals surface area contributed by atoms with Gasteiger partial charge in [-0.1, -0.05) is 23.9 Å². The van der Waals surface area contributed by atoms with E-state index in [1.165, 1.54) is 35.2 Å². The number of halogens is 3. The third-order valence-electron chi connectivity index (χ3n) is 3.37. The van der Waals surface area contributed by atoms with E-state index in [0.29, 0.717) is 33.7 Å². The van der Waals surface area contributed by atoms with Crippen molar-refractivity contribution in [2.45, 2.75) is 10.9 Å². The predicted octanol–water partition coefficient (Wildman–Crippen LogP) is 3.84. The lowest BCUT2D eigenvalue weighted by molar-refractivity contribution is 0.0992. The lowest BCUT2D eigenvalue weighted by atomic mass is 10.2. The molecule has 3 rings (SSSR count). The molecule has 0 aliphatic carbocycles. The quantitative estimate of drug-likeness (QED) is 0.276. The summed E-state index contributed by atoms with van der Waals surface area (Å²) in [5.41, 5.74) is 0.762. The largest absolute Gasteiger partial charge is 0.394 e. The Labute approximate surface area is 170 Å². The summed E-state index contributed by atoms with van der Waals surface area (Å²) in [6, 6.07) is 4.08. The van der Waals surface area contributed by atoms with Crippen LogP contribution in [0.5, 0.6) is 0 Å². The van der Waals surface area contributed by atoms with Crippen molar-refractivity contribution in [2.75, 3.05) is 31.7 Å². The summed E-state index contributed by atoms with van der Waals surface area (Å²) in [4.78, 5) is 13.2. The van der Waals surface area contributed by atoms with Crippen LogP contribution in [0.25, 0.3) is 10.3 Å². The van der Waals surface area contributed by atoms with E-state index in [1.807, 2.05) is 0 Å². The van der Waals surface area contributed by atoms with Gasteiger partial charge in [0.2, 0.25) is 0 Å². The highest BCUT2D eigenvalue weighted by Gasteiger charge is 2.14. The molecular weight excluding hydrogens is 462 g/mol. The van der Waals surface area contributed by atoms with E-state index in [2.05, 4.69) is 36.2 Å². The Morgan fingerprint density at radius 1 is 1.22 bits per heavy atom. The van der Waals surface area contributed by atoms with E-state index in [-0.39, 0.29) is 24.5 Å². The SMILES string of the molecule is OCCOCCNc1nc(SCc2cccc(F)c2F)nc2nc(Br)sc12. The third kappa shape index (κ3) is 5.32. The van der Waals surface area contributed by atoms with Gasteiger partial charge >= 0.3 is 0 Å². The minimum absolute atomic E-state index is 0.0308. The van der Waals surface area contributed by atoms with Crippen LogP contribution in [0, 0.1) is 11.6 Å². The Morgan fingerprint density at radius 2 is 2.07 bits per heavy atom. The molecule has 2 N–H and O–H groups in total. The molecule has 144 valence electrons. The van der Waals surface area contributed by atoms with Gasteiger partial charge in [0, 0.05) is 17.9 Å². The van der Waals surface area contributed by atoms with E-state index < -0.39 is 11.6 Å². The zero-order valence-electron chi connectivity index (χ0n) is 13.9. The van der Waals surface area contributed by atoms with Crippen LogP contribution >= 0.6 is 39.0 Å². The molecule has 0 unspecified atom stereocenters. The number of nitrogens with one attached hydrogen (secondary N) is 1. The summed E-state index contributed by atoms with van der Waals surface area (Å²) in [6.07, 6.45) is 0. The second-order valence-corrected chi connectivity index (χ2v) is 8.46. The van der Waals surface area contributed by atoms with Gasteiger partial charge in [0.05, 0.1) is 19.8 Å². The monoisotopic (exact) mass is 476 g/mol. The maximum Gasteiger partial charge on any atom is 0.191 e. The van der Waals surface area contributed by atoms with Crippen molar-refractivity contribution >= 4 is 55.2 Å². The van der Waals surface area contributed by atoms with Crippen LogP contribution in [-0.2, 0) is 10.5 Å². The fourth-order valence-corrected chi connectivity index (χ4v) is 4.34. The molecule has 3 aromatic rings. The molecule has 2 aromatic heterocycles. The van der Waals surface area contributed by atoms with Gasteiger partial charge in [-0.3, -0.25) is 0 Å². The highest BCUT2D eigenvalue weighted by molar-refractivity contribution is 9.11. The van der Waals surface area contributed by atoms with E-state index >= 15 is 0 Å². The molecular formula is C16H15BrF2N4O2S2. The zero-order chi connectivity index (χ0) is 19.2. The summed E-state index contributed by atoms with van der Waals surface area (Å²) in [7, 11) is 0. The molecule has 0 fully saturated rings. The minimum atomic E-state index is -0.877. The Balaban J connectivity index is 1.75. The number of rotatable bonds is 9. The number of aliphatic hydroxyl groups excluding tert-OH is 1. The Kier molecular flexibility index (Phi) is 7.30. The third-order valence-corrected chi connectivity index (χ3v) is 5.77. The molecule has 0 aliphatic heterocycles. The van der Waals surface area contributed by atoms with Gasteiger partial charge in [0.1, 0.15) is 4.70 Å². The van der Waals surface area contributed by atoms with E-state index in [9.17, 15) is 8.78 Å². The van der Waals surface area contributed by atoms with Crippen LogP contribution in [0.15, 0.2) is 27.3 Å². The molecule has 0 saturated heterocycles. The second-order valence-electron chi connectivity index (χ2n) is 5.24. The molecule has 11 heteroatoms. The van der Waals surface area contributed by atoms with Crippen LogP contribution in [0.2, 0.25) is 0 Å². The first-order chi connectivity index (χ1) is 13.1. The van der Waals surface area contributed by atoms with E-state index in [4.69, 9.17) is 9.84 Å². The fourth-order valence-electron chi connectivity index (χ4n) is 2.17. The summed E-state index contributed by atoms with van der Waals surface area (Å²) < 4.78 is 33.8. The van der Waals surface area contributed by atoms with Gasteiger partial charge in [-0.15, -0.1) is 11.3 Å². The summed E-state index contributed by atoms with van der Waals surface area (Å²) in [5.74, 6) is -0.947. The molecule has 0 atom stereocenters. The number of fused-ring (bicyclic) bond motifs is 1. The number of aliphatic hydroxyl groups is 1. The first kappa shape index (κ1) is 20.3. The van der Waals surface area contributed by atoms with Gasteiger partial charge in [-0.25, -0.2) is 23.7 Å². The Bertz CT molecular complexity index is 929. The Morgan fingerprint density at radius 3 is 2.89 bits per heavy atom. The zero-order valence-corrected chi connectivity index (χ0v) is 17.1. The molecule has 1 aromatic carbocycles. The van der Waals surface area contributed by atoms with Crippen molar-refractivity contribution < 1.29 is 18.6 Å². The van der Waals surface area contributed by atoms with E-state index in [0.717, 1.165) is 10.8 Å². The molecule has 0 aliphatic rings. The van der Waals surface area contributed by atoms with Gasteiger partial charge in [-0.05, 0) is 22.0 Å². The number of aromatic nitrogens is 3. The number of anilines is 1.